The molecule has 174 valence electrons. The van der Waals surface area contributed by atoms with Crippen LogP contribution in [-0.4, -0.2) is 5.97 Å². The standard InChI is InChI=1S/C26H19F3O5/c1-3-16-7-9-18(10-8-16)32-23-22(30)20-12-11-19(14-21(20)34-24(23)26(27,28)29)33-25(31)17-6-4-5-15(2)13-17/h4-14H,3H2,1-2H3. The van der Waals surface area contributed by atoms with Gasteiger partial charge in [-0.25, -0.2) is 4.79 Å². The molecule has 4 aromatic rings. The number of hydrogen-bond donors (Lipinski definition) is 0. The molecule has 0 saturated heterocycles. The zero-order valence-corrected chi connectivity index (χ0v) is 18.2. The average Bonchev–Trinajstić information content (AvgIpc) is 2.80. The summed E-state index contributed by atoms with van der Waals surface area (Å²) in [6, 6.07) is 16.6. The molecule has 0 amide bonds. The van der Waals surface area contributed by atoms with Crippen LogP contribution in [0.3, 0.4) is 0 Å². The SMILES string of the molecule is CCc1ccc(Oc2c(C(F)(F)F)oc3cc(OC(=O)c4cccc(C)c4)ccc3c2=O)cc1. The lowest BCUT2D eigenvalue weighted by Gasteiger charge is -2.14. The Morgan fingerprint density at radius 1 is 0.971 bits per heavy atom. The van der Waals surface area contributed by atoms with Gasteiger partial charge in [0, 0.05) is 6.07 Å². The summed E-state index contributed by atoms with van der Waals surface area (Å²) in [5.41, 5.74) is 0.688. The number of halogens is 3. The topological polar surface area (TPSA) is 65.7 Å². The minimum absolute atomic E-state index is 0.0676. The van der Waals surface area contributed by atoms with E-state index in [2.05, 4.69) is 0 Å². The van der Waals surface area contributed by atoms with Crippen molar-refractivity contribution in [2.24, 2.45) is 0 Å². The number of benzene rings is 3. The molecule has 0 N–H and O–H groups in total. The first-order valence-electron chi connectivity index (χ1n) is 10.4. The van der Waals surface area contributed by atoms with Crippen LogP contribution in [0.5, 0.6) is 17.2 Å². The van der Waals surface area contributed by atoms with Crippen LogP contribution in [0.4, 0.5) is 13.2 Å². The molecular weight excluding hydrogens is 449 g/mol. The quantitative estimate of drug-likeness (QED) is 0.241. The maximum absolute atomic E-state index is 13.7. The molecule has 0 radical (unpaired) electrons. The number of hydrogen-bond acceptors (Lipinski definition) is 5. The van der Waals surface area contributed by atoms with Gasteiger partial charge in [0.1, 0.15) is 17.1 Å². The second kappa shape index (κ2) is 9.05. The molecule has 1 aromatic heterocycles. The molecular formula is C26H19F3O5. The second-order valence-electron chi connectivity index (χ2n) is 7.60. The van der Waals surface area contributed by atoms with Crippen molar-refractivity contribution in [1.29, 1.82) is 0 Å². The molecule has 5 nitrogen and oxygen atoms in total. The molecule has 0 bridgehead atoms. The Hall–Kier alpha value is -4.07. The number of fused-ring (bicyclic) bond motifs is 1. The lowest BCUT2D eigenvalue weighted by atomic mass is 10.1. The lowest BCUT2D eigenvalue weighted by Crippen LogP contribution is -2.15. The summed E-state index contributed by atoms with van der Waals surface area (Å²) in [7, 11) is 0. The number of carbonyl (C=O) groups is 1. The number of ether oxygens (including phenoxy) is 2. The van der Waals surface area contributed by atoms with Crippen molar-refractivity contribution in [3.63, 3.8) is 0 Å². The van der Waals surface area contributed by atoms with E-state index >= 15 is 0 Å². The Labute approximate surface area is 192 Å². The Morgan fingerprint density at radius 2 is 1.68 bits per heavy atom. The fourth-order valence-corrected chi connectivity index (χ4v) is 3.35. The number of carbonyl (C=O) groups excluding carboxylic acids is 1. The van der Waals surface area contributed by atoms with Crippen molar-refractivity contribution in [3.8, 4) is 17.2 Å². The summed E-state index contributed by atoms with van der Waals surface area (Å²) in [6.07, 6.45) is -4.26. The first kappa shape index (κ1) is 23.1. The van der Waals surface area contributed by atoms with E-state index in [0.29, 0.717) is 0 Å². The molecule has 1 heterocycles. The van der Waals surface area contributed by atoms with Crippen molar-refractivity contribution in [2.45, 2.75) is 26.4 Å². The summed E-state index contributed by atoms with van der Waals surface area (Å²) in [6.45, 7) is 3.74. The van der Waals surface area contributed by atoms with Crippen molar-refractivity contribution in [3.05, 3.63) is 99.4 Å². The minimum Gasteiger partial charge on any atom is -0.449 e. The maximum atomic E-state index is 13.7. The van der Waals surface area contributed by atoms with Crippen LogP contribution >= 0.6 is 0 Å². The van der Waals surface area contributed by atoms with E-state index in [1.54, 1.807) is 43.3 Å². The molecule has 0 saturated carbocycles. The van der Waals surface area contributed by atoms with Crippen LogP contribution < -0.4 is 14.9 Å². The Bertz CT molecular complexity index is 1420. The van der Waals surface area contributed by atoms with Crippen LogP contribution in [0, 0.1) is 6.92 Å². The first-order valence-corrected chi connectivity index (χ1v) is 10.4. The summed E-state index contributed by atoms with van der Waals surface area (Å²) < 4.78 is 56.9. The van der Waals surface area contributed by atoms with E-state index in [1.165, 1.54) is 24.3 Å². The zero-order valence-electron chi connectivity index (χ0n) is 18.2. The Kier molecular flexibility index (Phi) is 6.15. The van der Waals surface area contributed by atoms with Gasteiger partial charge < -0.3 is 13.9 Å². The van der Waals surface area contributed by atoms with Crippen LogP contribution in [-0.2, 0) is 12.6 Å². The lowest BCUT2D eigenvalue weighted by molar-refractivity contribution is -0.154. The van der Waals surface area contributed by atoms with Crippen molar-refractivity contribution in [1.82, 2.24) is 0 Å². The highest BCUT2D eigenvalue weighted by Crippen LogP contribution is 2.38. The van der Waals surface area contributed by atoms with Crippen molar-refractivity contribution < 1.29 is 31.9 Å². The molecule has 0 fully saturated rings. The van der Waals surface area contributed by atoms with E-state index in [-0.39, 0.29) is 28.0 Å². The maximum Gasteiger partial charge on any atom is 0.453 e. The minimum atomic E-state index is -5.00. The molecule has 0 atom stereocenters. The predicted molar refractivity (Wildman–Crippen MR) is 120 cm³/mol. The average molecular weight is 468 g/mol. The highest BCUT2D eigenvalue weighted by molar-refractivity contribution is 5.92. The van der Waals surface area contributed by atoms with Crippen LogP contribution in [0.15, 0.2) is 75.9 Å². The third kappa shape index (κ3) is 4.80. The van der Waals surface area contributed by atoms with E-state index in [0.717, 1.165) is 23.6 Å². The fourth-order valence-electron chi connectivity index (χ4n) is 3.35. The molecule has 0 unspecified atom stereocenters. The largest absolute Gasteiger partial charge is 0.453 e. The Morgan fingerprint density at radius 3 is 2.32 bits per heavy atom. The highest BCUT2D eigenvalue weighted by atomic mass is 19.4. The molecule has 0 spiro atoms. The molecule has 4 rings (SSSR count). The number of rotatable bonds is 5. The van der Waals surface area contributed by atoms with Gasteiger partial charge in [-0.1, -0.05) is 36.8 Å². The van der Waals surface area contributed by atoms with Gasteiger partial charge in [0.05, 0.1) is 10.9 Å². The molecule has 0 aliphatic carbocycles. The number of esters is 1. The molecule has 3 aromatic carbocycles. The third-order valence-corrected chi connectivity index (χ3v) is 5.10. The van der Waals surface area contributed by atoms with Gasteiger partial charge in [-0.15, -0.1) is 0 Å². The van der Waals surface area contributed by atoms with E-state index in [9.17, 15) is 22.8 Å². The van der Waals surface area contributed by atoms with Gasteiger partial charge in [-0.3, -0.25) is 4.79 Å². The van der Waals surface area contributed by atoms with Gasteiger partial charge in [0.15, 0.2) is 0 Å². The summed E-state index contributed by atoms with van der Waals surface area (Å²) in [5, 5.41) is -0.150. The molecule has 0 aliphatic heterocycles. The summed E-state index contributed by atoms with van der Waals surface area (Å²) in [5.74, 6) is -3.24. The van der Waals surface area contributed by atoms with Crippen LogP contribution in [0.2, 0.25) is 0 Å². The van der Waals surface area contributed by atoms with Crippen LogP contribution in [0.1, 0.15) is 34.2 Å². The van der Waals surface area contributed by atoms with E-state index < -0.39 is 29.1 Å². The number of aryl methyl sites for hydroxylation is 2. The van der Waals surface area contributed by atoms with Crippen LogP contribution in [0.25, 0.3) is 11.0 Å². The monoisotopic (exact) mass is 468 g/mol. The van der Waals surface area contributed by atoms with Gasteiger partial charge in [0.2, 0.25) is 11.2 Å². The van der Waals surface area contributed by atoms with E-state index in [1.807, 2.05) is 6.92 Å². The molecule has 8 heteroatoms. The predicted octanol–water partition coefficient (Wildman–Crippen LogP) is 6.69. The van der Waals surface area contributed by atoms with Crippen molar-refractivity contribution >= 4 is 16.9 Å². The normalized spacial score (nSPS) is 11.4. The third-order valence-electron chi connectivity index (χ3n) is 5.10. The van der Waals surface area contributed by atoms with Gasteiger partial charge in [-0.05, 0) is 55.3 Å². The van der Waals surface area contributed by atoms with Gasteiger partial charge in [0.25, 0.3) is 5.76 Å². The van der Waals surface area contributed by atoms with Crippen molar-refractivity contribution in [2.75, 3.05) is 0 Å². The molecule has 0 aliphatic rings. The number of alkyl halides is 3. The van der Waals surface area contributed by atoms with Gasteiger partial charge >= 0.3 is 12.1 Å². The highest BCUT2D eigenvalue weighted by Gasteiger charge is 2.40. The van der Waals surface area contributed by atoms with E-state index in [4.69, 9.17) is 13.9 Å². The fraction of sp³-hybridized carbons (Fsp3) is 0.154. The Balaban J connectivity index is 1.73. The zero-order chi connectivity index (χ0) is 24.5. The smallest absolute Gasteiger partial charge is 0.449 e. The summed E-state index contributed by atoms with van der Waals surface area (Å²) in [4.78, 5) is 25.3. The summed E-state index contributed by atoms with van der Waals surface area (Å²) >= 11 is 0. The second-order valence-corrected chi connectivity index (χ2v) is 7.60. The van der Waals surface area contributed by atoms with Gasteiger partial charge in [-0.2, -0.15) is 13.2 Å². The first-order chi connectivity index (χ1) is 16.2. The molecule has 34 heavy (non-hydrogen) atoms.